The predicted octanol–water partition coefficient (Wildman–Crippen LogP) is -0.428. The Bertz CT molecular complexity index is 204. The molecule has 0 aromatic rings. The molecule has 0 saturated carbocycles. The average molecular weight is 186 g/mol. The molecule has 13 heavy (non-hydrogen) atoms. The van der Waals surface area contributed by atoms with Crippen LogP contribution in [0.3, 0.4) is 0 Å². The summed E-state index contributed by atoms with van der Waals surface area (Å²) in [5.41, 5.74) is 5.51. The second-order valence-corrected chi connectivity index (χ2v) is 3.87. The molecule has 0 amide bonds. The standard InChI is InChI=1S/C8H18N4O/c1-6-4-12(8(9)10-13)5-7(6)11(2)3/h6-7,13H,4-5H2,1-3H3,(H2,9,10). The molecule has 0 aliphatic carbocycles. The summed E-state index contributed by atoms with van der Waals surface area (Å²) < 4.78 is 0. The van der Waals surface area contributed by atoms with E-state index < -0.39 is 0 Å². The molecular formula is C8H18N4O. The maximum absolute atomic E-state index is 8.51. The number of likely N-dealkylation sites (N-methyl/N-ethyl adjacent to an activating group) is 1. The largest absolute Gasteiger partial charge is 0.408 e. The lowest BCUT2D eigenvalue weighted by atomic mass is 10.1. The smallest absolute Gasteiger partial charge is 0.233 e. The van der Waals surface area contributed by atoms with E-state index in [1.807, 2.05) is 4.90 Å². The molecule has 3 N–H and O–H groups in total. The van der Waals surface area contributed by atoms with Crippen LogP contribution in [0.15, 0.2) is 5.16 Å². The van der Waals surface area contributed by atoms with Gasteiger partial charge in [-0.15, -0.1) is 0 Å². The van der Waals surface area contributed by atoms with Gasteiger partial charge in [-0.3, -0.25) is 0 Å². The first-order chi connectivity index (χ1) is 6.06. The topological polar surface area (TPSA) is 65.1 Å². The molecule has 5 nitrogen and oxygen atoms in total. The number of hydrogen-bond donors (Lipinski definition) is 2. The lowest BCUT2D eigenvalue weighted by Crippen LogP contribution is -2.38. The number of hydrogen-bond acceptors (Lipinski definition) is 3. The van der Waals surface area contributed by atoms with Gasteiger partial charge in [0.05, 0.1) is 0 Å². The Morgan fingerprint density at radius 2 is 2.15 bits per heavy atom. The highest BCUT2D eigenvalue weighted by molar-refractivity contribution is 5.77. The second-order valence-electron chi connectivity index (χ2n) is 3.87. The minimum absolute atomic E-state index is 0.219. The molecule has 2 unspecified atom stereocenters. The summed E-state index contributed by atoms with van der Waals surface area (Å²) in [6.45, 7) is 3.87. The first-order valence-corrected chi connectivity index (χ1v) is 4.45. The number of likely N-dealkylation sites (tertiary alicyclic amines) is 1. The summed E-state index contributed by atoms with van der Waals surface area (Å²) >= 11 is 0. The Labute approximate surface area is 78.8 Å². The van der Waals surface area contributed by atoms with Crippen molar-refractivity contribution in [3.05, 3.63) is 0 Å². The molecule has 0 spiro atoms. The summed E-state index contributed by atoms with van der Waals surface area (Å²) in [4.78, 5) is 4.07. The normalized spacial score (nSPS) is 30.2. The van der Waals surface area contributed by atoms with E-state index >= 15 is 0 Å². The van der Waals surface area contributed by atoms with Crippen LogP contribution in [-0.4, -0.2) is 54.2 Å². The molecular weight excluding hydrogens is 168 g/mol. The third-order valence-electron chi connectivity index (χ3n) is 2.66. The zero-order chi connectivity index (χ0) is 10.0. The van der Waals surface area contributed by atoms with Gasteiger partial charge in [0.1, 0.15) is 0 Å². The number of rotatable bonds is 1. The van der Waals surface area contributed by atoms with E-state index in [2.05, 4.69) is 31.1 Å². The van der Waals surface area contributed by atoms with Gasteiger partial charge >= 0.3 is 0 Å². The minimum atomic E-state index is 0.219. The highest BCUT2D eigenvalue weighted by Gasteiger charge is 2.31. The van der Waals surface area contributed by atoms with Gasteiger partial charge in [-0.05, 0) is 20.0 Å². The Hall–Kier alpha value is -0.970. The summed E-state index contributed by atoms with van der Waals surface area (Å²) in [5.74, 6) is 0.770. The SMILES string of the molecule is CC1CN(/C(N)=N/O)CC1N(C)C. The molecule has 0 radical (unpaired) electrons. The lowest BCUT2D eigenvalue weighted by molar-refractivity contribution is 0.261. The van der Waals surface area contributed by atoms with Crippen LogP contribution in [0.25, 0.3) is 0 Å². The molecule has 1 aliphatic heterocycles. The molecule has 76 valence electrons. The molecule has 1 aliphatic rings. The van der Waals surface area contributed by atoms with Crippen molar-refractivity contribution in [1.82, 2.24) is 9.80 Å². The number of nitrogens with zero attached hydrogens (tertiary/aromatic N) is 3. The molecule has 1 heterocycles. The van der Waals surface area contributed by atoms with E-state index in [-0.39, 0.29) is 5.96 Å². The minimum Gasteiger partial charge on any atom is -0.408 e. The molecule has 1 fully saturated rings. The number of oxime groups is 1. The molecule has 2 atom stereocenters. The highest BCUT2D eigenvalue weighted by atomic mass is 16.4. The van der Waals surface area contributed by atoms with Gasteiger partial charge in [0.15, 0.2) is 0 Å². The van der Waals surface area contributed by atoms with Crippen LogP contribution in [0.4, 0.5) is 0 Å². The van der Waals surface area contributed by atoms with Crippen LogP contribution in [-0.2, 0) is 0 Å². The van der Waals surface area contributed by atoms with E-state index in [0.29, 0.717) is 12.0 Å². The zero-order valence-corrected chi connectivity index (χ0v) is 8.44. The van der Waals surface area contributed by atoms with Crippen molar-refractivity contribution in [3.8, 4) is 0 Å². The fourth-order valence-corrected chi connectivity index (χ4v) is 1.87. The first-order valence-electron chi connectivity index (χ1n) is 4.45. The van der Waals surface area contributed by atoms with Crippen molar-refractivity contribution in [3.63, 3.8) is 0 Å². The van der Waals surface area contributed by atoms with Crippen LogP contribution in [0.2, 0.25) is 0 Å². The van der Waals surface area contributed by atoms with Crippen LogP contribution >= 0.6 is 0 Å². The summed E-state index contributed by atoms with van der Waals surface area (Å²) in [7, 11) is 4.11. The van der Waals surface area contributed by atoms with Crippen molar-refractivity contribution in [2.24, 2.45) is 16.8 Å². The molecule has 1 rings (SSSR count). The second kappa shape index (κ2) is 3.83. The first kappa shape index (κ1) is 10.1. The average Bonchev–Trinajstić information content (AvgIpc) is 2.46. The van der Waals surface area contributed by atoms with Gasteiger partial charge in [-0.25, -0.2) is 0 Å². The Morgan fingerprint density at radius 1 is 1.54 bits per heavy atom. The molecule has 0 aromatic carbocycles. The van der Waals surface area contributed by atoms with Gasteiger partial charge in [0, 0.05) is 19.1 Å². The van der Waals surface area contributed by atoms with Gasteiger partial charge < -0.3 is 20.7 Å². The Balaban J connectivity index is 2.60. The maximum Gasteiger partial charge on any atom is 0.233 e. The molecule has 0 bridgehead atoms. The van der Waals surface area contributed by atoms with Crippen molar-refractivity contribution >= 4 is 5.96 Å². The fraction of sp³-hybridized carbons (Fsp3) is 0.875. The van der Waals surface area contributed by atoms with Crippen molar-refractivity contribution < 1.29 is 5.21 Å². The van der Waals surface area contributed by atoms with Crippen LogP contribution < -0.4 is 5.73 Å². The third-order valence-corrected chi connectivity index (χ3v) is 2.66. The van der Waals surface area contributed by atoms with Crippen LogP contribution in [0.5, 0.6) is 0 Å². The lowest BCUT2D eigenvalue weighted by Gasteiger charge is -2.22. The Morgan fingerprint density at radius 3 is 2.54 bits per heavy atom. The molecule has 5 heteroatoms. The predicted molar refractivity (Wildman–Crippen MR) is 51.6 cm³/mol. The third kappa shape index (κ3) is 2.03. The van der Waals surface area contributed by atoms with E-state index in [9.17, 15) is 0 Å². The summed E-state index contributed by atoms with van der Waals surface area (Å²) in [6, 6.07) is 0.486. The monoisotopic (exact) mass is 186 g/mol. The van der Waals surface area contributed by atoms with Gasteiger partial charge in [-0.2, -0.15) is 0 Å². The molecule has 1 saturated heterocycles. The highest BCUT2D eigenvalue weighted by Crippen LogP contribution is 2.19. The quantitative estimate of drug-likeness (QED) is 0.252. The van der Waals surface area contributed by atoms with E-state index in [1.165, 1.54) is 0 Å². The molecule has 0 aromatic heterocycles. The van der Waals surface area contributed by atoms with Gasteiger partial charge in [0.2, 0.25) is 5.96 Å². The van der Waals surface area contributed by atoms with Crippen molar-refractivity contribution in [2.45, 2.75) is 13.0 Å². The zero-order valence-electron chi connectivity index (χ0n) is 8.44. The van der Waals surface area contributed by atoms with Gasteiger partial charge in [-0.1, -0.05) is 12.1 Å². The van der Waals surface area contributed by atoms with Crippen LogP contribution in [0.1, 0.15) is 6.92 Å². The van der Waals surface area contributed by atoms with E-state index in [1.54, 1.807) is 0 Å². The number of guanidine groups is 1. The van der Waals surface area contributed by atoms with Crippen molar-refractivity contribution in [2.75, 3.05) is 27.2 Å². The van der Waals surface area contributed by atoms with Crippen molar-refractivity contribution in [1.29, 1.82) is 0 Å². The fourth-order valence-electron chi connectivity index (χ4n) is 1.87. The number of nitrogens with two attached hydrogens (primary N) is 1. The summed E-state index contributed by atoms with van der Waals surface area (Å²) in [6.07, 6.45) is 0. The Kier molecular flexibility index (Phi) is 2.98. The summed E-state index contributed by atoms with van der Waals surface area (Å²) in [5, 5.41) is 11.5. The van der Waals surface area contributed by atoms with Gasteiger partial charge in [0.25, 0.3) is 0 Å². The maximum atomic E-state index is 8.51. The van der Waals surface area contributed by atoms with E-state index in [4.69, 9.17) is 10.9 Å². The van der Waals surface area contributed by atoms with Crippen LogP contribution in [0, 0.1) is 5.92 Å². The van der Waals surface area contributed by atoms with E-state index in [0.717, 1.165) is 13.1 Å².